The van der Waals surface area contributed by atoms with Crippen molar-refractivity contribution in [2.45, 2.75) is 161 Å². The monoisotopic (exact) mass is 1010 g/mol. The third-order valence-electron chi connectivity index (χ3n) is 10.2. The van der Waals surface area contributed by atoms with E-state index in [4.69, 9.17) is 18.5 Å². The minimum absolute atomic E-state index is 0.00489. The fraction of sp³-hybridized carbons (Fsp3) is 0.516. The molecule has 10 heteroatoms. The van der Waals surface area contributed by atoms with E-state index in [1.807, 2.05) is 27.2 Å². The number of hydrogen-bond donors (Lipinski definition) is 1. The van der Waals surface area contributed by atoms with Gasteiger partial charge < -0.3 is 18.9 Å². The zero-order chi connectivity index (χ0) is 52.7. The Kier molecular flexibility index (Phi) is 48.0. The zero-order valence-corrected chi connectivity index (χ0v) is 46.2. The highest BCUT2D eigenvalue weighted by molar-refractivity contribution is 7.47. The molecular weight excluding hydrogens is 918 g/mol. The molecule has 0 heterocycles. The van der Waals surface area contributed by atoms with Crippen LogP contribution in [0.4, 0.5) is 0 Å². The van der Waals surface area contributed by atoms with Crippen molar-refractivity contribution in [2.75, 3.05) is 47.5 Å². The molecule has 2 unspecified atom stereocenters. The molecule has 0 rings (SSSR count). The van der Waals surface area contributed by atoms with E-state index in [9.17, 15) is 19.0 Å². The first-order chi connectivity index (χ1) is 35.0. The van der Waals surface area contributed by atoms with Gasteiger partial charge in [0.15, 0.2) is 6.10 Å². The van der Waals surface area contributed by atoms with Gasteiger partial charge in [-0.15, -0.1) is 0 Å². The number of quaternary nitrogens is 1. The Bertz CT molecular complexity index is 1810. The van der Waals surface area contributed by atoms with E-state index < -0.39 is 32.5 Å². The van der Waals surface area contributed by atoms with Crippen molar-refractivity contribution in [2.24, 2.45) is 0 Å². The average Bonchev–Trinajstić information content (AvgIpc) is 3.34. The van der Waals surface area contributed by atoms with Crippen molar-refractivity contribution in [1.82, 2.24) is 0 Å². The van der Waals surface area contributed by atoms with Gasteiger partial charge in [-0.25, -0.2) is 4.57 Å². The van der Waals surface area contributed by atoms with Gasteiger partial charge in [-0.05, 0) is 122 Å². The minimum atomic E-state index is -4.42. The van der Waals surface area contributed by atoms with Crippen molar-refractivity contribution in [1.29, 1.82) is 0 Å². The predicted octanol–water partition coefficient (Wildman–Crippen LogP) is 16.7. The summed E-state index contributed by atoms with van der Waals surface area (Å²) >= 11 is 0. The number of unbranched alkanes of at least 4 members (excludes halogenated alkanes) is 4. The molecule has 0 bridgehead atoms. The van der Waals surface area contributed by atoms with Gasteiger partial charge in [-0.3, -0.25) is 18.6 Å². The Morgan fingerprint density at radius 3 is 1.12 bits per heavy atom. The third-order valence-corrected chi connectivity index (χ3v) is 11.2. The Hall–Kier alpha value is -4.63. The molecular formula is C62H97NO8P+. The zero-order valence-electron chi connectivity index (χ0n) is 45.3. The van der Waals surface area contributed by atoms with E-state index >= 15 is 0 Å². The smallest absolute Gasteiger partial charge is 0.462 e. The van der Waals surface area contributed by atoms with Gasteiger partial charge in [0.05, 0.1) is 27.7 Å². The maximum absolute atomic E-state index is 12.8. The number of carbonyl (C=O) groups is 2. The minimum Gasteiger partial charge on any atom is -0.462 e. The highest BCUT2D eigenvalue weighted by Gasteiger charge is 2.27. The maximum Gasteiger partial charge on any atom is 0.472 e. The standard InChI is InChI=1S/C62H96NO8P/c1-6-8-10-12-14-16-18-20-22-24-25-26-27-28-29-30-31-32-33-34-35-36-37-39-41-43-45-47-49-51-53-55-62(65)71-60(59-70-72(66,67)69-57-56-63(3,4)5)58-68-61(64)54-52-50-48-46-44-42-40-38-23-21-19-17-15-13-11-9-7-2/h8-11,14-17,20-23,25-26,28-29,31-32,34-35,37,39-40,42-43,45-46,48,60H,6-7,12-13,18-19,24,27,30,33,36,38,41,44,47,49-59H2,1-5H3/p+1/b10-8-,11-9-,16-14-,17-15-,22-20-,23-21-,26-25-,29-28-,32-31-,35-34-,39-37-,42-40-,45-43-,48-46-. The lowest BCUT2D eigenvalue weighted by Gasteiger charge is -2.24. The summed E-state index contributed by atoms with van der Waals surface area (Å²) in [4.78, 5) is 35.6. The molecule has 0 fully saturated rings. The molecule has 0 aliphatic rings. The quantitative estimate of drug-likeness (QED) is 0.0211. The third kappa shape index (κ3) is 54.7. The summed E-state index contributed by atoms with van der Waals surface area (Å²) in [6, 6.07) is 0. The van der Waals surface area contributed by atoms with E-state index in [1.54, 1.807) is 0 Å². The Labute approximate surface area is 438 Å². The summed E-state index contributed by atoms with van der Waals surface area (Å²) in [5.74, 6) is -0.924. The molecule has 0 aliphatic heterocycles. The number of ether oxygens (including phenoxy) is 2. The van der Waals surface area contributed by atoms with Crippen LogP contribution in [0.5, 0.6) is 0 Å². The predicted molar refractivity (Wildman–Crippen MR) is 306 cm³/mol. The first-order valence-electron chi connectivity index (χ1n) is 26.9. The van der Waals surface area contributed by atoms with Crippen molar-refractivity contribution in [3.63, 3.8) is 0 Å². The number of rotatable bonds is 46. The van der Waals surface area contributed by atoms with Gasteiger partial charge in [0.2, 0.25) is 0 Å². The highest BCUT2D eigenvalue weighted by Crippen LogP contribution is 2.43. The van der Waals surface area contributed by atoms with Crippen LogP contribution in [0.15, 0.2) is 170 Å². The second-order valence-electron chi connectivity index (χ2n) is 18.1. The molecule has 2 atom stereocenters. The lowest BCUT2D eigenvalue weighted by molar-refractivity contribution is -0.870. The molecule has 0 aliphatic carbocycles. The van der Waals surface area contributed by atoms with Gasteiger partial charge in [0.25, 0.3) is 0 Å². The first-order valence-corrected chi connectivity index (χ1v) is 28.4. The highest BCUT2D eigenvalue weighted by atomic mass is 31.2. The van der Waals surface area contributed by atoms with Crippen molar-refractivity contribution in [3.8, 4) is 0 Å². The summed E-state index contributed by atoms with van der Waals surface area (Å²) in [5, 5.41) is 0. The van der Waals surface area contributed by atoms with E-state index in [0.717, 1.165) is 116 Å². The van der Waals surface area contributed by atoms with Gasteiger partial charge in [0, 0.05) is 12.8 Å². The number of likely N-dealkylation sites (N-methyl/N-ethyl adjacent to an activating group) is 1. The van der Waals surface area contributed by atoms with Crippen molar-refractivity contribution < 1.29 is 42.1 Å². The molecule has 9 nitrogen and oxygen atoms in total. The van der Waals surface area contributed by atoms with E-state index in [1.165, 1.54) is 0 Å². The molecule has 402 valence electrons. The van der Waals surface area contributed by atoms with Gasteiger partial charge in [-0.1, -0.05) is 190 Å². The van der Waals surface area contributed by atoms with E-state index in [2.05, 4.69) is 178 Å². The molecule has 1 N–H and O–H groups in total. The van der Waals surface area contributed by atoms with E-state index in [-0.39, 0.29) is 26.1 Å². The van der Waals surface area contributed by atoms with Crippen LogP contribution >= 0.6 is 7.82 Å². The molecule has 0 amide bonds. The van der Waals surface area contributed by atoms with Crippen molar-refractivity contribution in [3.05, 3.63) is 170 Å². The van der Waals surface area contributed by atoms with Crippen LogP contribution < -0.4 is 0 Å². The van der Waals surface area contributed by atoms with Crippen LogP contribution in [-0.2, 0) is 32.7 Å². The summed E-state index contributed by atoms with van der Waals surface area (Å²) in [6.45, 7) is 4.05. The fourth-order valence-electron chi connectivity index (χ4n) is 6.16. The normalized spacial score (nSPS) is 14.7. The second-order valence-corrected chi connectivity index (χ2v) is 19.6. The molecule has 0 radical (unpaired) electrons. The van der Waals surface area contributed by atoms with Gasteiger partial charge >= 0.3 is 19.8 Å². The number of phosphoric acid groups is 1. The summed E-state index contributed by atoms with van der Waals surface area (Å²) < 4.78 is 34.3. The van der Waals surface area contributed by atoms with Gasteiger partial charge in [-0.2, -0.15) is 0 Å². The van der Waals surface area contributed by atoms with Crippen LogP contribution in [0.25, 0.3) is 0 Å². The number of carbonyl (C=O) groups excluding carboxylic acids is 2. The summed E-state index contributed by atoms with van der Waals surface area (Å²) in [6.07, 6.45) is 78.6. The molecule has 0 saturated carbocycles. The second kappa shape index (κ2) is 51.3. The number of allylic oxidation sites excluding steroid dienone is 28. The molecule has 0 saturated heterocycles. The number of nitrogens with zero attached hydrogens (tertiary/aromatic N) is 1. The first kappa shape index (κ1) is 67.4. The molecule has 0 aromatic carbocycles. The Morgan fingerprint density at radius 2 is 0.764 bits per heavy atom. The van der Waals surface area contributed by atoms with Crippen LogP contribution in [0.2, 0.25) is 0 Å². The SMILES string of the molecule is CC/C=C\C/C=C\C/C=C\C/C=C\C/C=C\C/C=C\C/C=C\C/C=C\C/C=C\CCCCCC(=O)OC(COC(=O)CCC/C=C\C/C=C\C/C=C\C/C=C\C/C=C\CC)COP(=O)(O)OCC[N+](C)(C)C. The van der Waals surface area contributed by atoms with Crippen molar-refractivity contribution >= 4 is 19.8 Å². The van der Waals surface area contributed by atoms with Crippen LogP contribution in [0, 0.1) is 0 Å². The van der Waals surface area contributed by atoms with Gasteiger partial charge in [0.1, 0.15) is 19.8 Å². The molecule has 0 aromatic heterocycles. The fourth-order valence-corrected chi connectivity index (χ4v) is 6.90. The largest absolute Gasteiger partial charge is 0.472 e. The number of phosphoric ester groups is 1. The summed E-state index contributed by atoms with van der Waals surface area (Å²) in [7, 11) is 1.39. The Balaban J connectivity index is 4.40. The topological polar surface area (TPSA) is 108 Å². The van der Waals surface area contributed by atoms with Crippen LogP contribution in [0.1, 0.15) is 155 Å². The summed E-state index contributed by atoms with van der Waals surface area (Å²) in [5.41, 5.74) is 0. The Morgan fingerprint density at radius 1 is 0.431 bits per heavy atom. The number of esters is 2. The average molecular weight is 1020 g/mol. The molecule has 0 spiro atoms. The maximum atomic E-state index is 12.8. The van der Waals surface area contributed by atoms with E-state index in [0.29, 0.717) is 23.9 Å². The molecule has 0 aromatic rings. The number of hydrogen-bond acceptors (Lipinski definition) is 7. The van der Waals surface area contributed by atoms with Crippen LogP contribution in [0.3, 0.4) is 0 Å². The van der Waals surface area contributed by atoms with Crippen LogP contribution in [-0.4, -0.2) is 74.9 Å². The lowest BCUT2D eigenvalue weighted by Crippen LogP contribution is -2.37. The lowest BCUT2D eigenvalue weighted by atomic mass is 10.1. The molecule has 72 heavy (non-hydrogen) atoms.